The van der Waals surface area contributed by atoms with Crippen molar-refractivity contribution in [2.45, 2.75) is 25.9 Å². The molecule has 0 spiro atoms. The van der Waals surface area contributed by atoms with Gasteiger partial charge < -0.3 is 15.1 Å². The number of anilines is 2. The third kappa shape index (κ3) is 5.32. The van der Waals surface area contributed by atoms with Crippen LogP contribution in [0.25, 0.3) is 0 Å². The van der Waals surface area contributed by atoms with Gasteiger partial charge in [0.1, 0.15) is 10.3 Å². The smallest absolute Gasteiger partial charge is 0.327 e. The van der Waals surface area contributed by atoms with E-state index >= 15 is 0 Å². The van der Waals surface area contributed by atoms with E-state index in [0.29, 0.717) is 36.8 Å². The number of nitrogens with zero attached hydrogens (tertiary/aromatic N) is 6. The molecule has 4 rings (SSSR count). The van der Waals surface area contributed by atoms with Gasteiger partial charge in [-0.1, -0.05) is 29.1 Å². The van der Waals surface area contributed by atoms with Crippen LogP contribution in [0.2, 0.25) is 10.3 Å². The topological polar surface area (TPSA) is 105 Å². The van der Waals surface area contributed by atoms with Gasteiger partial charge in [-0.05, 0) is 24.6 Å². The third-order valence-corrected chi connectivity index (χ3v) is 6.34. The second-order valence-corrected chi connectivity index (χ2v) is 9.19. The summed E-state index contributed by atoms with van der Waals surface area (Å²) in [5.74, 6) is 2.67. The Morgan fingerprint density at radius 3 is 2.42 bits per heavy atom. The number of halogens is 5. The molecule has 1 saturated heterocycles. The monoisotopic (exact) mass is 575 g/mol. The molecule has 0 aromatic carbocycles. The van der Waals surface area contributed by atoms with Gasteiger partial charge in [-0.25, -0.2) is 14.6 Å². The summed E-state index contributed by atoms with van der Waals surface area (Å²) >= 11 is 12.0. The van der Waals surface area contributed by atoms with Crippen LogP contribution in [0.3, 0.4) is 0 Å². The molecule has 2 aliphatic heterocycles. The molecular weight excluding hydrogens is 554 g/mol. The largest absolute Gasteiger partial charge is 0.493 e. The van der Waals surface area contributed by atoms with Gasteiger partial charge in [0, 0.05) is 33.2 Å². The highest BCUT2D eigenvalue weighted by atomic mass is 35.5. The predicted octanol–water partition coefficient (Wildman–Crippen LogP) is 1.16. The van der Waals surface area contributed by atoms with Crippen molar-refractivity contribution in [2.75, 3.05) is 42.7 Å². The van der Waals surface area contributed by atoms with Crippen molar-refractivity contribution in [1.82, 2.24) is 24.3 Å². The van der Waals surface area contributed by atoms with Crippen molar-refractivity contribution in [3.63, 3.8) is 0 Å². The first-order valence-corrected chi connectivity index (χ1v) is 12.0. The maximum absolute atomic E-state index is 13.4. The second kappa shape index (κ2) is 10.9. The van der Waals surface area contributed by atoms with Crippen LogP contribution in [0, 0.1) is 11.8 Å². The Bertz CT molecular complexity index is 1410. The highest BCUT2D eigenvalue weighted by Crippen LogP contribution is 2.39. The number of piperazine rings is 1. The summed E-state index contributed by atoms with van der Waals surface area (Å²) in [5.41, 5.74) is -1.45. The molecule has 0 bridgehead atoms. The Morgan fingerprint density at radius 1 is 1.21 bits per heavy atom. The zero-order valence-corrected chi connectivity index (χ0v) is 21.7. The van der Waals surface area contributed by atoms with Crippen molar-refractivity contribution in [2.24, 2.45) is 7.05 Å². The van der Waals surface area contributed by atoms with Gasteiger partial charge >= 0.3 is 17.8 Å². The SMILES string of the molecule is CC#CCN1c2c(n(Cc3cc(Cl)nc(Cl)c3)c(=O)n(C)c2=O)N(OC(=O)C(F)(F)F)C1N1CCNCC1. The Balaban J connectivity index is 1.98. The lowest BCUT2D eigenvalue weighted by Gasteiger charge is -2.40. The molecule has 204 valence electrons. The molecule has 0 saturated carbocycles. The van der Waals surface area contributed by atoms with E-state index < -0.39 is 29.7 Å². The minimum absolute atomic E-state index is 0.0147. The predicted molar refractivity (Wildman–Crippen MR) is 133 cm³/mol. The molecule has 38 heavy (non-hydrogen) atoms. The summed E-state index contributed by atoms with van der Waals surface area (Å²) in [7, 11) is 1.24. The van der Waals surface area contributed by atoms with Gasteiger partial charge in [0.15, 0.2) is 17.8 Å². The van der Waals surface area contributed by atoms with Crippen LogP contribution >= 0.6 is 23.2 Å². The Morgan fingerprint density at radius 2 is 1.84 bits per heavy atom. The number of aromatic nitrogens is 3. The van der Waals surface area contributed by atoms with E-state index in [9.17, 15) is 27.6 Å². The van der Waals surface area contributed by atoms with Crippen molar-refractivity contribution in [3.05, 3.63) is 48.8 Å². The number of hydrogen-bond acceptors (Lipinski definition) is 9. The molecule has 0 amide bonds. The number of pyridine rings is 1. The number of nitrogens with one attached hydrogen (secondary N) is 1. The van der Waals surface area contributed by atoms with Crippen LogP contribution in [-0.2, 0) is 23.2 Å². The zero-order valence-electron chi connectivity index (χ0n) is 20.2. The highest BCUT2D eigenvalue weighted by Gasteiger charge is 2.50. The van der Waals surface area contributed by atoms with Gasteiger partial charge in [0.05, 0.1) is 13.1 Å². The minimum Gasteiger partial charge on any atom is -0.327 e. The Hall–Kier alpha value is -3.25. The van der Waals surface area contributed by atoms with Gasteiger partial charge in [-0.15, -0.1) is 11.0 Å². The fourth-order valence-electron chi connectivity index (χ4n) is 4.31. The molecule has 16 heteroatoms. The quantitative estimate of drug-likeness (QED) is 0.415. The number of carbonyl (C=O) groups is 1. The molecular formula is C22H22Cl2F3N7O4. The zero-order chi connectivity index (χ0) is 27.8. The average Bonchev–Trinajstić information content (AvgIpc) is 3.16. The molecule has 2 aromatic rings. The van der Waals surface area contributed by atoms with Crippen LogP contribution in [-0.4, -0.2) is 70.2 Å². The molecule has 2 aliphatic rings. The maximum Gasteiger partial charge on any atom is 0.493 e. The van der Waals surface area contributed by atoms with Crippen molar-refractivity contribution in [1.29, 1.82) is 0 Å². The van der Waals surface area contributed by atoms with Crippen LogP contribution in [0.15, 0.2) is 21.7 Å². The summed E-state index contributed by atoms with van der Waals surface area (Å²) in [6, 6.07) is 2.82. The summed E-state index contributed by atoms with van der Waals surface area (Å²) in [6.07, 6.45) is -6.54. The molecule has 1 N–H and O–H groups in total. The normalized spacial score (nSPS) is 17.7. The number of rotatable bonds is 5. The van der Waals surface area contributed by atoms with E-state index in [1.54, 1.807) is 11.8 Å². The number of alkyl halides is 3. The Kier molecular flexibility index (Phi) is 7.93. The first-order valence-electron chi connectivity index (χ1n) is 11.3. The number of fused-ring (bicyclic) bond motifs is 1. The molecule has 0 radical (unpaired) electrons. The van der Waals surface area contributed by atoms with Crippen LogP contribution in [0.5, 0.6) is 0 Å². The molecule has 4 heterocycles. The summed E-state index contributed by atoms with van der Waals surface area (Å²) < 4.78 is 42.0. The third-order valence-electron chi connectivity index (χ3n) is 5.96. The maximum atomic E-state index is 13.4. The van der Waals surface area contributed by atoms with E-state index in [1.807, 2.05) is 0 Å². The molecule has 0 aliphatic carbocycles. The summed E-state index contributed by atoms with van der Waals surface area (Å²) in [6.45, 7) is 2.84. The molecule has 1 atom stereocenters. The fraction of sp³-hybridized carbons (Fsp3) is 0.455. The lowest BCUT2D eigenvalue weighted by atomic mass is 10.2. The summed E-state index contributed by atoms with van der Waals surface area (Å²) in [4.78, 5) is 50.7. The summed E-state index contributed by atoms with van der Waals surface area (Å²) in [5, 5.41) is 3.83. The lowest BCUT2D eigenvalue weighted by Crippen LogP contribution is -2.61. The van der Waals surface area contributed by atoms with Gasteiger partial charge in [-0.2, -0.15) is 13.2 Å². The number of carbonyl (C=O) groups excluding carboxylic acids is 1. The molecule has 2 aromatic heterocycles. The van der Waals surface area contributed by atoms with Gasteiger partial charge in [0.25, 0.3) is 5.56 Å². The molecule has 1 fully saturated rings. The number of hydrogen-bond donors (Lipinski definition) is 1. The van der Waals surface area contributed by atoms with E-state index in [1.165, 1.54) is 24.1 Å². The van der Waals surface area contributed by atoms with Crippen LogP contribution < -0.4 is 26.5 Å². The lowest BCUT2D eigenvalue weighted by molar-refractivity contribution is -0.203. The van der Waals surface area contributed by atoms with Gasteiger partial charge in [0.2, 0.25) is 0 Å². The van der Waals surface area contributed by atoms with E-state index in [2.05, 4.69) is 22.1 Å². The van der Waals surface area contributed by atoms with E-state index in [-0.39, 0.29) is 34.9 Å². The van der Waals surface area contributed by atoms with Crippen molar-refractivity contribution >= 4 is 40.7 Å². The van der Waals surface area contributed by atoms with Crippen molar-refractivity contribution in [3.8, 4) is 11.8 Å². The first-order chi connectivity index (χ1) is 17.9. The average molecular weight is 576 g/mol. The molecule has 11 nitrogen and oxygen atoms in total. The number of hydroxylamine groups is 1. The second-order valence-electron chi connectivity index (χ2n) is 8.42. The molecule has 1 unspecified atom stereocenters. The standard InChI is InChI=1S/C22H22Cl2F3N7O4/c1-3-4-7-32-16-17(34(38-19(36)22(25,26)27)20(32)31-8-5-28-6-9-31)33(21(37)30(2)18(16)35)12-13-10-14(23)29-15(24)11-13/h10-11,20,28H,5-9,12H2,1-2H3. The van der Waals surface area contributed by atoms with Crippen LogP contribution in [0.1, 0.15) is 12.5 Å². The van der Waals surface area contributed by atoms with Crippen LogP contribution in [0.4, 0.5) is 24.7 Å². The first kappa shape index (κ1) is 27.8. The fourth-order valence-corrected chi connectivity index (χ4v) is 4.82. The highest BCUT2D eigenvalue weighted by molar-refractivity contribution is 6.32. The van der Waals surface area contributed by atoms with Crippen molar-refractivity contribution < 1.29 is 22.8 Å². The van der Waals surface area contributed by atoms with E-state index in [0.717, 1.165) is 9.13 Å². The van der Waals surface area contributed by atoms with E-state index in [4.69, 9.17) is 28.0 Å². The Labute approximate surface area is 224 Å². The van der Waals surface area contributed by atoms with Gasteiger partial charge in [-0.3, -0.25) is 18.8 Å². The minimum atomic E-state index is -5.35.